The normalized spacial score (nSPS) is 13.4. The minimum atomic E-state index is -0.464. The topological polar surface area (TPSA) is 85.8 Å². The van der Waals surface area contributed by atoms with Gasteiger partial charge in [0.25, 0.3) is 0 Å². The van der Waals surface area contributed by atoms with Crippen molar-refractivity contribution >= 4 is 23.0 Å². The number of rotatable bonds is 2. The van der Waals surface area contributed by atoms with Crippen LogP contribution >= 0.6 is 0 Å². The Morgan fingerprint density at radius 2 is 2.00 bits per heavy atom. The number of amides is 1. The lowest BCUT2D eigenvalue weighted by atomic mass is 10.1. The molecule has 0 aliphatic heterocycles. The van der Waals surface area contributed by atoms with Gasteiger partial charge in [0.1, 0.15) is 11.6 Å². The van der Waals surface area contributed by atoms with Crippen LogP contribution in [0.15, 0.2) is 12.1 Å². The number of nitrogens with zero attached hydrogens (tertiary/aromatic N) is 3. The molecule has 3 N–H and O–H groups in total. The molecule has 2 rings (SSSR count). The van der Waals surface area contributed by atoms with E-state index in [4.69, 9.17) is 5.73 Å². The molecule has 6 nitrogen and oxygen atoms in total. The molecule has 108 valence electrons. The predicted molar refractivity (Wildman–Crippen MR) is 79.3 cm³/mol. The van der Waals surface area contributed by atoms with Crippen LogP contribution in [-0.4, -0.2) is 26.0 Å². The van der Waals surface area contributed by atoms with Crippen LogP contribution < -0.4 is 11.1 Å². The van der Waals surface area contributed by atoms with E-state index in [2.05, 4.69) is 15.3 Å². The van der Waals surface area contributed by atoms with Crippen molar-refractivity contribution in [3.8, 4) is 0 Å². The van der Waals surface area contributed by atoms with Gasteiger partial charge in [-0.2, -0.15) is 0 Å². The molecule has 0 saturated heterocycles. The second-order valence-electron chi connectivity index (χ2n) is 6.05. The summed E-state index contributed by atoms with van der Waals surface area (Å²) in [5.74, 6) is 0.196. The van der Waals surface area contributed by atoms with Gasteiger partial charge in [0.15, 0.2) is 5.65 Å². The van der Waals surface area contributed by atoms with Crippen molar-refractivity contribution in [2.24, 2.45) is 0 Å². The fourth-order valence-corrected chi connectivity index (χ4v) is 2.06. The van der Waals surface area contributed by atoms with Crippen LogP contribution in [0.25, 0.3) is 11.2 Å². The Kier molecular flexibility index (Phi) is 3.41. The van der Waals surface area contributed by atoms with Crippen LogP contribution in [0.2, 0.25) is 0 Å². The van der Waals surface area contributed by atoms with Crippen LogP contribution in [-0.2, 0) is 4.79 Å². The third-order valence-electron chi connectivity index (χ3n) is 2.97. The molecule has 0 fully saturated rings. The van der Waals surface area contributed by atoms with E-state index < -0.39 is 6.04 Å². The average Bonchev–Trinajstić information content (AvgIpc) is 2.61. The molecule has 1 atom stereocenters. The molecule has 0 spiro atoms. The van der Waals surface area contributed by atoms with Crippen molar-refractivity contribution in [1.29, 1.82) is 0 Å². The van der Waals surface area contributed by atoms with Gasteiger partial charge in [-0.05, 0) is 46.8 Å². The Morgan fingerprint density at radius 3 is 2.60 bits per heavy atom. The van der Waals surface area contributed by atoms with Gasteiger partial charge in [-0.25, -0.2) is 9.97 Å². The van der Waals surface area contributed by atoms with Gasteiger partial charge in [0.2, 0.25) is 11.9 Å². The van der Waals surface area contributed by atoms with Crippen molar-refractivity contribution in [1.82, 2.24) is 19.9 Å². The van der Waals surface area contributed by atoms with E-state index in [1.165, 1.54) is 0 Å². The van der Waals surface area contributed by atoms with Crippen molar-refractivity contribution in [2.75, 3.05) is 5.73 Å². The van der Waals surface area contributed by atoms with Crippen molar-refractivity contribution in [3.05, 3.63) is 17.8 Å². The maximum atomic E-state index is 12.3. The third-order valence-corrected chi connectivity index (χ3v) is 2.97. The summed E-state index contributed by atoms with van der Waals surface area (Å²) in [6.45, 7) is 9.51. The summed E-state index contributed by atoms with van der Waals surface area (Å²) in [5, 5.41) is 2.94. The number of imidazole rings is 1. The number of pyridine rings is 1. The molecule has 0 aliphatic carbocycles. The maximum absolute atomic E-state index is 12.3. The minimum Gasteiger partial charge on any atom is -0.369 e. The molecule has 2 heterocycles. The molecule has 0 radical (unpaired) electrons. The van der Waals surface area contributed by atoms with Crippen molar-refractivity contribution < 1.29 is 4.79 Å². The third kappa shape index (κ3) is 2.74. The molecule has 2 aromatic heterocycles. The second kappa shape index (κ2) is 4.77. The summed E-state index contributed by atoms with van der Waals surface area (Å²) in [7, 11) is 0. The summed E-state index contributed by atoms with van der Waals surface area (Å²) in [6, 6.07) is 3.27. The molecule has 0 saturated carbocycles. The summed E-state index contributed by atoms with van der Waals surface area (Å²) >= 11 is 0. The predicted octanol–water partition coefficient (Wildman–Crippen LogP) is 1.80. The van der Waals surface area contributed by atoms with Crippen LogP contribution in [0.5, 0.6) is 0 Å². The first-order chi connectivity index (χ1) is 9.19. The Labute approximate surface area is 118 Å². The van der Waals surface area contributed by atoms with E-state index in [0.717, 1.165) is 5.69 Å². The number of aryl methyl sites for hydroxylation is 1. The lowest BCUT2D eigenvalue weighted by molar-refractivity contribution is -0.125. The number of hydrogen-bond acceptors (Lipinski definition) is 4. The number of hydrogen-bond donors (Lipinski definition) is 2. The Bertz CT molecular complexity index is 653. The number of nitrogens with one attached hydrogen (secondary N) is 1. The van der Waals surface area contributed by atoms with Gasteiger partial charge in [-0.1, -0.05) is 0 Å². The van der Waals surface area contributed by atoms with Crippen molar-refractivity contribution in [3.63, 3.8) is 0 Å². The minimum absolute atomic E-state index is 0.105. The Hall–Kier alpha value is -2.11. The Morgan fingerprint density at radius 1 is 1.35 bits per heavy atom. The number of aromatic nitrogens is 3. The molecule has 6 heteroatoms. The second-order valence-corrected chi connectivity index (χ2v) is 6.05. The number of nitrogen functional groups attached to an aromatic ring is 1. The zero-order chi connectivity index (χ0) is 15.1. The van der Waals surface area contributed by atoms with Gasteiger partial charge in [-0.15, -0.1) is 0 Å². The van der Waals surface area contributed by atoms with Crippen LogP contribution in [0.4, 0.5) is 5.95 Å². The van der Waals surface area contributed by atoms with Crippen LogP contribution in [0.3, 0.4) is 0 Å². The molecule has 0 aliphatic rings. The van der Waals surface area contributed by atoms with Gasteiger partial charge in [0.05, 0.1) is 0 Å². The van der Waals surface area contributed by atoms with Gasteiger partial charge in [0, 0.05) is 11.2 Å². The fraction of sp³-hybridized carbons (Fsp3) is 0.500. The van der Waals surface area contributed by atoms with Gasteiger partial charge < -0.3 is 11.1 Å². The first-order valence-electron chi connectivity index (χ1n) is 6.62. The highest BCUT2D eigenvalue weighted by Gasteiger charge is 2.24. The van der Waals surface area contributed by atoms with E-state index in [9.17, 15) is 4.79 Å². The number of fused-ring (bicyclic) bond motifs is 1. The molecular formula is C14H21N5O. The van der Waals surface area contributed by atoms with Gasteiger partial charge >= 0.3 is 0 Å². The first kappa shape index (κ1) is 14.3. The number of carbonyl (C=O) groups is 1. The summed E-state index contributed by atoms with van der Waals surface area (Å²) in [5.41, 5.74) is 7.84. The highest BCUT2D eigenvalue weighted by atomic mass is 16.2. The quantitative estimate of drug-likeness (QED) is 0.875. The Balaban J connectivity index is 2.44. The maximum Gasteiger partial charge on any atom is 0.243 e. The number of anilines is 1. The standard InChI is InChI=1S/C14H21N5O/c1-8-6-7-10-11(16-8)19(13(15)17-10)9(2)12(20)18-14(3,4)5/h6-7,9H,1-5H3,(H2,15,17)(H,18,20). The van der Waals surface area contributed by atoms with Gasteiger partial charge in [-0.3, -0.25) is 9.36 Å². The van der Waals surface area contributed by atoms with E-state index in [0.29, 0.717) is 17.1 Å². The average molecular weight is 275 g/mol. The zero-order valence-corrected chi connectivity index (χ0v) is 12.6. The first-order valence-corrected chi connectivity index (χ1v) is 6.62. The summed E-state index contributed by atoms with van der Waals surface area (Å²) in [6.07, 6.45) is 0. The van der Waals surface area contributed by atoms with E-state index in [1.54, 1.807) is 11.5 Å². The van der Waals surface area contributed by atoms with E-state index in [1.807, 2.05) is 39.8 Å². The molecule has 1 amide bonds. The summed E-state index contributed by atoms with van der Waals surface area (Å²) < 4.78 is 1.67. The lowest BCUT2D eigenvalue weighted by Crippen LogP contribution is -2.43. The highest BCUT2D eigenvalue weighted by Crippen LogP contribution is 2.22. The molecule has 0 aromatic carbocycles. The molecule has 20 heavy (non-hydrogen) atoms. The van der Waals surface area contributed by atoms with Crippen LogP contribution in [0, 0.1) is 6.92 Å². The largest absolute Gasteiger partial charge is 0.369 e. The zero-order valence-electron chi connectivity index (χ0n) is 12.6. The molecule has 2 aromatic rings. The lowest BCUT2D eigenvalue weighted by Gasteiger charge is -2.24. The van der Waals surface area contributed by atoms with Crippen LogP contribution in [0.1, 0.15) is 39.4 Å². The number of nitrogens with two attached hydrogens (primary N) is 1. The van der Waals surface area contributed by atoms with Crippen molar-refractivity contribution in [2.45, 2.75) is 46.2 Å². The molecule has 1 unspecified atom stereocenters. The smallest absolute Gasteiger partial charge is 0.243 e. The molecule has 0 bridgehead atoms. The fourth-order valence-electron chi connectivity index (χ4n) is 2.06. The SMILES string of the molecule is Cc1ccc2nc(N)n(C(C)C(=O)NC(C)(C)C)c2n1. The monoisotopic (exact) mass is 275 g/mol. The highest BCUT2D eigenvalue weighted by molar-refractivity contribution is 5.84. The van der Waals surface area contributed by atoms with E-state index >= 15 is 0 Å². The number of carbonyl (C=O) groups excluding carboxylic acids is 1. The summed E-state index contributed by atoms with van der Waals surface area (Å²) in [4.78, 5) is 21.0. The molecular weight excluding hydrogens is 254 g/mol. The van der Waals surface area contributed by atoms with E-state index in [-0.39, 0.29) is 11.4 Å².